The van der Waals surface area contributed by atoms with Crippen LogP contribution in [0.3, 0.4) is 0 Å². The normalized spacial score (nSPS) is 12.9. The number of Topliss-reactive ketones (excluding diaryl/α,β-unsaturated/α-hetero) is 1. The Morgan fingerprint density at radius 3 is 2.64 bits per heavy atom. The molecule has 6 heteroatoms. The van der Waals surface area contributed by atoms with Crippen molar-refractivity contribution in [2.75, 3.05) is 18.0 Å². The lowest BCUT2D eigenvalue weighted by atomic mass is 9.91. The Morgan fingerprint density at radius 1 is 1.36 bits per heavy atom. The van der Waals surface area contributed by atoms with Gasteiger partial charge in [-0.15, -0.1) is 11.3 Å². The molecular weight excluding hydrogens is 370 g/mol. The van der Waals surface area contributed by atoms with Crippen molar-refractivity contribution >= 4 is 35.0 Å². The summed E-state index contributed by atoms with van der Waals surface area (Å²) in [6.45, 7) is 11.2. The number of nitriles is 1. The third kappa shape index (κ3) is 5.43. The second-order valence-electron chi connectivity index (χ2n) is 7.72. The van der Waals surface area contributed by atoms with Crippen molar-refractivity contribution in [1.82, 2.24) is 4.98 Å². The molecule has 28 heavy (non-hydrogen) atoms. The van der Waals surface area contributed by atoms with Crippen LogP contribution in [0.4, 0.5) is 5.69 Å². The van der Waals surface area contributed by atoms with E-state index in [2.05, 4.69) is 28.9 Å². The fourth-order valence-corrected chi connectivity index (χ4v) is 3.55. The first-order chi connectivity index (χ1) is 13.2. The number of hydrogen-bond acceptors (Lipinski definition) is 5. The van der Waals surface area contributed by atoms with Crippen molar-refractivity contribution in [3.05, 3.63) is 48.9 Å². The van der Waals surface area contributed by atoms with Crippen molar-refractivity contribution in [3.63, 3.8) is 0 Å². The number of nitrogens with zero attached hydrogens (tertiary/aromatic N) is 2. The molecule has 0 aliphatic carbocycles. The zero-order valence-corrected chi connectivity index (χ0v) is 17.9. The summed E-state index contributed by atoms with van der Waals surface area (Å²) in [5.74, 6) is -0.0193. The molecule has 1 aromatic heterocycles. The zero-order chi connectivity index (χ0) is 20.9. The lowest BCUT2D eigenvalue weighted by molar-refractivity contribution is -0.119. The van der Waals surface area contributed by atoms with E-state index in [1.54, 1.807) is 0 Å². The van der Waals surface area contributed by atoms with Gasteiger partial charge < -0.3 is 9.88 Å². The molecule has 0 fully saturated rings. The predicted molar refractivity (Wildman–Crippen MR) is 116 cm³/mol. The van der Waals surface area contributed by atoms with E-state index in [9.17, 15) is 9.59 Å². The van der Waals surface area contributed by atoms with Gasteiger partial charge in [-0.2, -0.15) is 5.26 Å². The van der Waals surface area contributed by atoms with Crippen molar-refractivity contribution in [2.45, 2.75) is 41.0 Å². The third-order valence-corrected chi connectivity index (χ3v) is 5.43. The van der Waals surface area contributed by atoms with E-state index in [1.165, 1.54) is 17.4 Å². The highest BCUT2D eigenvalue weighted by Crippen LogP contribution is 2.20. The van der Waals surface area contributed by atoms with Crippen LogP contribution in [0.5, 0.6) is 0 Å². The van der Waals surface area contributed by atoms with Crippen LogP contribution < -0.4 is 19.7 Å². The quantitative estimate of drug-likeness (QED) is 0.813. The Morgan fingerprint density at radius 2 is 2.07 bits per heavy atom. The Kier molecular flexibility index (Phi) is 6.98. The molecule has 1 heterocycles. The molecule has 0 bridgehead atoms. The minimum absolute atomic E-state index is 0.0193. The van der Waals surface area contributed by atoms with E-state index in [1.807, 2.05) is 45.9 Å². The number of aromatic amines is 1. The van der Waals surface area contributed by atoms with Crippen LogP contribution >= 0.6 is 11.3 Å². The summed E-state index contributed by atoms with van der Waals surface area (Å²) in [7, 11) is 0. The fourth-order valence-electron chi connectivity index (χ4n) is 2.67. The first kappa shape index (κ1) is 21.6. The number of aryl methyl sites for hydroxylation is 1. The molecule has 5 nitrogen and oxygen atoms in total. The van der Waals surface area contributed by atoms with Gasteiger partial charge in [-0.1, -0.05) is 26.8 Å². The minimum Gasteiger partial charge on any atom is -0.371 e. The van der Waals surface area contributed by atoms with Crippen LogP contribution in [-0.4, -0.2) is 23.9 Å². The largest absolute Gasteiger partial charge is 0.371 e. The topological polar surface area (TPSA) is 77.0 Å². The molecule has 0 atom stereocenters. The molecule has 0 radical (unpaired) electrons. The number of anilines is 1. The van der Waals surface area contributed by atoms with Crippen molar-refractivity contribution < 1.29 is 4.79 Å². The molecule has 0 spiro atoms. The van der Waals surface area contributed by atoms with Crippen LogP contribution in [0.2, 0.25) is 0 Å². The average Bonchev–Trinajstić information content (AvgIpc) is 2.96. The van der Waals surface area contributed by atoms with Crippen molar-refractivity contribution in [1.29, 1.82) is 5.26 Å². The smallest absolute Gasteiger partial charge is 0.266 e. The van der Waals surface area contributed by atoms with Crippen molar-refractivity contribution in [2.24, 2.45) is 5.41 Å². The molecule has 0 saturated heterocycles. The van der Waals surface area contributed by atoms with Crippen LogP contribution in [0.25, 0.3) is 12.2 Å². The number of aromatic nitrogens is 1. The van der Waals surface area contributed by atoms with Gasteiger partial charge in [-0.25, -0.2) is 0 Å². The first-order valence-corrected chi connectivity index (χ1v) is 10.2. The standard InChI is InChI=1S/C22H27N3O2S/c1-6-25(11-7-10-23)17-9-8-16(15(2)12-17)13-18-21(27)24-20(28-18)14-19(26)22(3,4)5/h8-9,12-14H,6-7,11H2,1-5H3,(H,24,27). The van der Waals surface area contributed by atoms with Gasteiger partial charge in [0.15, 0.2) is 5.78 Å². The molecule has 2 aromatic rings. The Hall–Kier alpha value is -2.65. The van der Waals surface area contributed by atoms with Gasteiger partial charge in [0, 0.05) is 30.3 Å². The maximum atomic E-state index is 12.3. The number of rotatable bonds is 6. The van der Waals surface area contributed by atoms with Crippen LogP contribution in [0, 0.1) is 23.7 Å². The summed E-state index contributed by atoms with van der Waals surface area (Å²) in [4.78, 5) is 29.4. The highest BCUT2D eigenvalue weighted by atomic mass is 32.1. The lowest BCUT2D eigenvalue weighted by Crippen LogP contribution is -2.23. The van der Waals surface area contributed by atoms with Gasteiger partial charge in [0.25, 0.3) is 5.56 Å². The maximum absolute atomic E-state index is 12.3. The number of benzene rings is 1. The lowest BCUT2D eigenvalue weighted by Gasteiger charge is -2.22. The molecule has 0 aliphatic heterocycles. The van der Waals surface area contributed by atoms with Crippen LogP contribution in [-0.2, 0) is 4.79 Å². The SMILES string of the molecule is CCN(CCC#N)c1ccc(C=c2sc(=CC(=O)C(C)(C)C)[nH]c2=O)c(C)c1. The molecule has 1 aromatic carbocycles. The van der Waals surface area contributed by atoms with Gasteiger partial charge in [0.05, 0.1) is 21.7 Å². The van der Waals surface area contributed by atoms with Crippen LogP contribution in [0.15, 0.2) is 23.0 Å². The third-order valence-electron chi connectivity index (χ3n) is 4.46. The number of carbonyl (C=O) groups is 1. The van der Waals surface area contributed by atoms with E-state index in [0.717, 1.165) is 23.4 Å². The predicted octanol–water partition coefficient (Wildman–Crippen LogP) is 2.71. The summed E-state index contributed by atoms with van der Waals surface area (Å²) < 4.78 is 1.14. The van der Waals surface area contributed by atoms with Crippen LogP contribution in [0.1, 0.15) is 45.2 Å². The van der Waals surface area contributed by atoms with Gasteiger partial charge >= 0.3 is 0 Å². The summed E-state index contributed by atoms with van der Waals surface area (Å²) >= 11 is 1.29. The minimum atomic E-state index is -0.478. The fraction of sp³-hybridized carbons (Fsp3) is 0.409. The molecule has 0 saturated carbocycles. The van der Waals surface area contributed by atoms with E-state index in [0.29, 0.717) is 22.2 Å². The first-order valence-electron chi connectivity index (χ1n) is 9.35. The van der Waals surface area contributed by atoms with E-state index in [4.69, 9.17) is 5.26 Å². The molecule has 0 aliphatic rings. The van der Waals surface area contributed by atoms with Gasteiger partial charge in [-0.3, -0.25) is 9.59 Å². The van der Waals surface area contributed by atoms with Crippen molar-refractivity contribution in [3.8, 4) is 6.07 Å². The zero-order valence-electron chi connectivity index (χ0n) is 17.1. The van der Waals surface area contributed by atoms with E-state index >= 15 is 0 Å². The second-order valence-corrected chi connectivity index (χ2v) is 8.80. The molecule has 1 N–H and O–H groups in total. The molecule has 0 amide bonds. The monoisotopic (exact) mass is 397 g/mol. The Balaban J connectivity index is 2.39. The van der Waals surface area contributed by atoms with Gasteiger partial charge in [-0.05, 0) is 43.2 Å². The number of H-pyrrole nitrogens is 1. The Bertz CT molecular complexity index is 1060. The summed E-state index contributed by atoms with van der Waals surface area (Å²) in [5.41, 5.74) is 2.41. The number of hydrogen-bond donors (Lipinski definition) is 1. The van der Waals surface area contributed by atoms with E-state index in [-0.39, 0.29) is 11.3 Å². The molecule has 0 unspecified atom stereocenters. The molecule has 148 valence electrons. The summed E-state index contributed by atoms with van der Waals surface area (Å²) in [5, 5.41) is 8.81. The Labute approximate surface area is 169 Å². The highest BCUT2D eigenvalue weighted by Gasteiger charge is 2.18. The van der Waals surface area contributed by atoms with E-state index < -0.39 is 5.41 Å². The second kappa shape index (κ2) is 9.03. The average molecular weight is 398 g/mol. The number of nitrogens with one attached hydrogen (secondary N) is 1. The summed E-state index contributed by atoms with van der Waals surface area (Å²) in [6.07, 6.45) is 3.85. The van der Waals surface area contributed by atoms with Gasteiger partial charge in [0.1, 0.15) is 0 Å². The number of ketones is 1. The number of carbonyl (C=O) groups excluding carboxylic acids is 1. The summed E-state index contributed by atoms with van der Waals surface area (Å²) in [6, 6.07) is 8.25. The maximum Gasteiger partial charge on any atom is 0.266 e. The highest BCUT2D eigenvalue weighted by molar-refractivity contribution is 7.07. The molecular formula is C22H27N3O2S. The van der Waals surface area contributed by atoms with Gasteiger partial charge in [0.2, 0.25) is 0 Å². The molecule has 2 rings (SSSR count). The number of thiazole rings is 1.